The van der Waals surface area contributed by atoms with Crippen molar-refractivity contribution in [1.82, 2.24) is 14.8 Å². The molecule has 0 aliphatic rings. The minimum Gasteiger partial charge on any atom is -0.494 e. The molecule has 0 fully saturated rings. The van der Waals surface area contributed by atoms with Crippen molar-refractivity contribution in [2.24, 2.45) is 0 Å². The fraction of sp³-hybridized carbons (Fsp3) is 0.286. The van der Waals surface area contributed by atoms with Gasteiger partial charge in [-0.1, -0.05) is 23.9 Å². The fourth-order valence-electron chi connectivity index (χ4n) is 2.86. The van der Waals surface area contributed by atoms with E-state index in [1.54, 1.807) is 47.0 Å². The Hall–Kier alpha value is -3.14. The molecule has 0 saturated heterocycles. The van der Waals surface area contributed by atoms with Gasteiger partial charge in [0.05, 0.1) is 17.9 Å². The van der Waals surface area contributed by atoms with Crippen molar-refractivity contribution in [3.63, 3.8) is 0 Å². The molecule has 1 heterocycles. The largest absolute Gasteiger partial charge is 0.494 e. The molecule has 0 spiro atoms. The van der Waals surface area contributed by atoms with Crippen molar-refractivity contribution in [2.45, 2.75) is 32.2 Å². The quantitative estimate of drug-likeness (QED) is 0.453. The number of nitrogens with one attached hydrogen (secondary N) is 1. The van der Waals surface area contributed by atoms with Crippen molar-refractivity contribution in [3.8, 4) is 22.9 Å². The lowest BCUT2D eigenvalue weighted by Gasteiger charge is -2.12. The maximum atomic E-state index is 12.7. The molecule has 0 radical (unpaired) electrons. The van der Waals surface area contributed by atoms with Gasteiger partial charge in [-0.15, -0.1) is 10.2 Å². The number of carbonyl (C=O) groups excluding carboxylic acids is 1. The molecule has 3 aromatic rings. The minimum absolute atomic E-state index is 0.0180. The van der Waals surface area contributed by atoms with E-state index in [-0.39, 0.29) is 17.4 Å². The zero-order valence-corrected chi connectivity index (χ0v) is 17.9. The Morgan fingerprint density at radius 1 is 1.13 bits per heavy atom. The first-order valence-corrected chi connectivity index (χ1v) is 10.6. The van der Waals surface area contributed by atoms with Gasteiger partial charge in [0.15, 0.2) is 11.0 Å². The second kappa shape index (κ2) is 10.8. The topological polar surface area (TPSA) is 78.3 Å². The summed E-state index contributed by atoms with van der Waals surface area (Å²) in [4.78, 5) is 12.3. The molecule has 164 valence electrons. The van der Waals surface area contributed by atoms with E-state index in [1.165, 1.54) is 17.8 Å². The molecule has 0 aliphatic heterocycles. The first-order chi connectivity index (χ1) is 15.0. The maximum Gasteiger partial charge on any atom is 0.387 e. The number of nitrogens with zero attached hydrogens (tertiary/aromatic N) is 3. The molecule has 0 aliphatic carbocycles. The lowest BCUT2D eigenvalue weighted by atomic mass is 10.2. The molecular weight excluding hydrogens is 426 g/mol. The van der Waals surface area contributed by atoms with Crippen LogP contribution in [0.25, 0.3) is 11.4 Å². The van der Waals surface area contributed by atoms with Crippen molar-refractivity contribution in [1.29, 1.82) is 0 Å². The van der Waals surface area contributed by atoms with Gasteiger partial charge in [-0.25, -0.2) is 0 Å². The van der Waals surface area contributed by atoms with E-state index in [2.05, 4.69) is 20.3 Å². The number of rotatable bonds is 10. The number of amides is 1. The van der Waals surface area contributed by atoms with Crippen LogP contribution in [0.1, 0.15) is 13.8 Å². The zero-order chi connectivity index (χ0) is 22.2. The summed E-state index contributed by atoms with van der Waals surface area (Å²) in [5.74, 6) is 1.05. The van der Waals surface area contributed by atoms with Crippen LogP contribution in [0.5, 0.6) is 11.5 Å². The van der Waals surface area contributed by atoms with E-state index >= 15 is 0 Å². The summed E-state index contributed by atoms with van der Waals surface area (Å²) < 4.78 is 37.2. The number of carbonyl (C=O) groups is 1. The fourth-order valence-corrected chi connectivity index (χ4v) is 3.66. The summed E-state index contributed by atoms with van der Waals surface area (Å²) in [7, 11) is 0. The standard InChI is InChI=1S/C21H22F2N4O3S/c1-3-27-19(16-7-5-6-8-17(16)30-20(22)23)25-26-21(27)31-13-18(28)24-14-9-11-15(12-10-14)29-4-2/h5-12,20H,3-4,13H2,1-2H3,(H,24,28). The van der Waals surface area contributed by atoms with E-state index in [0.717, 1.165) is 5.75 Å². The molecule has 0 atom stereocenters. The van der Waals surface area contributed by atoms with Crippen molar-refractivity contribution in [2.75, 3.05) is 17.7 Å². The predicted molar refractivity (Wildman–Crippen MR) is 115 cm³/mol. The molecular formula is C21H22F2N4O3S. The van der Waals surface area contributed by atoms with Crippen LogP contribution in [0.15, 0.2) is 53.7 Å². The monoisotopic (exact) mass is 448 g/mol. The second-order valence-electron chi connectivity index (χ2n) is 6.22. The molecule has 1 amide bonds. The average molecular weight is 448 g/mol. The molecule has 1 aromatic heterocycles. The number of anilines is 1. The molecule has 1 N–H and O–H groups in total. The lowest BCUT2D eigenvalue weighted by Crippen LogP contribution is -2.14. The van der Waals surface area contributed by atoms with Gasteiger partial charge < -0.3 is 19.4 Å². The molecule has 0 unspecified atom stereocenters. The Bertz CT molecular complexity index is 1010. The highest BCUT2D eigenvalue weighted by atomic mass is 32.2. The third-order valence-corrected chi connectivity index (χ3v) is 5.13. The number of para-hydroxylation sites is 1. The molecule has 0 bridgehead atoms. The minimum atomic E-state index is -2.95. The van der Waals surface area contributed by atoms with E-state index < -0.39 is 6.61 Å². The first-order valence-electron chi connectivity index (χ1n) is 9.64. The van der Waals surface area contributed by atoms with Gasteiger partial charge in [0.25, 0.3) is 0 Å². The van der Waals surface area contributed by atoms with Crippen LogP contribution in [0.2, 0.25) is 0 Å². The van der Waals surface area contributed by atoms with Crippen LogP contribution in [-0.2, 0) is 11.3 Å². The van der Waals surface area contributed by atoms with E-state index in [4.69, 9.17) is 4.74 Å². The highest BCUT2D eigenvalue weighted by Crippen LogP contribution is 2.32. The van der Waals surface area contributed by atoms with Crippen molar-refractivity contribution in [3.05, 3.63) is 48.5 Å². The van der Waals surface area contributed by atoms with E-state index in [1.807, 2.05) is 13.8 Å². The molecule has 7 nitrogen and oxygen atoms in total. The smallest absolute Gasteiger partial charge is 0.387 e. The highest BCUT2D eigenvalue weighted by molar-refractivity contribution is 7.99. The highest BCUT2D eigenvalue weighted by Gasteiger charge is 2.19. The van der Waals surface area contributed by atoms with E-state index in [9.17, 15) is 13.6 Å². The summed E-state index contributed by atoms with van der Waals surface area (Å²) in [6.07, 6.45) is 0. The molecule has 3 rings (SSSR count). The number of benzene rings is 2. The number of halogens is 2. The normalized spacial score (nSPS) is 10.9. The first kappa shape index (κ1) is 22.5. The van der Waals surface area contributed by atoms with Crippen LogP contribution in [0.4, 0.5) is 14.5 Å². The van der Waals surface area contributed by atoms with Crippen LogP contribution in [-0.4, -0.2) is 39.6 Å². The molecule has 10 heteroatoms. The van der Waals surface area contributed by atoms with Gasteiger partial charge in [-0.05, 0) is 50.2 Å². The van der Waals surface area contributed by atoms with Crippen LogP contribution in [0.3, 0.4) is 0 Å². The molecule has 0 saturated carbocycles. The van der Waals surface area contributed by atoms with Gasteiger partial charge in [0.2, 0.25) is 5.91 Å². The number of aromatic nitrogens is 3. The third-order valence-electron chi connectivity index (χ3n) is 4.16. The van der Waals surface area contributed by atoms with E-state index in [0.29, 0.717) is 35.4 Å². The Balaban J connectivity index is 1.68. The van der Waals surface area contributed by atoms with Gasteiger partial charge in [-0.2, -0.15) is 8.78 Å². The number of hydrogen-bond donors (Lipinski definition) is 1. The lowest BCUT2D eigenvalue weighted by molar-refractivity contribution is -0.113. The van der Waals surface area contributed by atoms with Gasteiger partial charge in [-0.3, -0.25) is 4.79 Å². The summed E-state index contributed by atoms with van der Waals surface area (Å²) in [5, 5.41) is 11.6. The number of thioether (sulfide) groups is 1. The maximum absolute atomic E-state index is 12.7. The van der Waals surface area contributed by atoms with Gasteiger partial charge >= 0.3 is 6.61 Å². The second-order valence-corrected chi connectivity index (χ2v) is 7.16. The SMILES string of the molecule is CCOc1ccc(NC(=O)CSc2nnc(-c3ccccc3OC(F)F)n2CC)cc1. The Morgan fingerprint density at radius 3 is 2.55 bits per heavy atom. The Kier molecular flexibility index (Phi) is 7.82. The summed E-state index contributed by atoms with van der Waals surface area (Å²) in [5.41, 5.74) is 1.06. The Morgan fingerprint density at radius 2 is 1.87 bits per heavy atom. The van der Waals surface area contributed by atoms with Crippen molar-refractivity contribution >= 4 is 23.4 Å². The molecule has 31 heavy (non-hydrogen) atoms. The van der Waals surface area contributed by atoms with Crippen LogP contribution < -0.4 is 14.8 Å². The molecule has 2 aromatic carbocycles. The Labute approximate surface area is 182 Å². The summed E-state index contributed by atoms with van der Waals surface area (Å²) in [6, 6.07) is 13.5. The average Bonchev–Trinajstić information content (AvgIpc) is 3.16. The number of ether oxygens (including phenoxy) is 2. The van der Waals surface area contributed by atoms with Crippen LogP contribution >= 0.6 is 11.8 Å². The van der Waals surface area contributed by atoms with Gasteiger partial charge in [0.1, 0.15) is 11.5 Å². The summed E-state index contributed by atoms with van der Waals surface area (Å²) >= 11 is 1.21. The third kappa shape index (κ3) is 5.94. The number of alkyl halides is 2. The predicted octanol–water partition coefficient (Wildman–Crippen LogP) is 4.70. The number of hydrogen-bond acceptors (Lipinski definition) is 6. The van der Waals surface area contributed by atoms with Crippen LogP contribution in [0, 0.1) is 0 Å². The zero-order valence-electron chi connectivity index (χ0n) is 17.0. The van der Waals surface area contributed by atoms with Gasteiger partial charge in [0, 0.05) is 12.2 Å². The summed E-state index contributed by atoms with van der Waals surface area (Å²) in [6.45, 7) is 1.90. The van der Waals surface area contributed by atoms with Crippen molar-refractivity contribution < 1.29 is 23.0 Å².